The van der Waals surface area contributed by atoms with Crippen molar-refractivity contribution < 1.29 is 14.6 Å². The van der Waals surface area contributed by atoms with Crippen molar-refractivity contribution in [3.63, 3.8) is 0 Å². The van der Waals surface area contributed by atoms with E-state index in [0.29, 0.717) is 12.0 Å². The molecule has 0 unspecified atom stereocenters. The van der Waals surface area contributed by atoms with E-state index in [-0.39, 0.29) is 17.8 Å². The molecule has 5 rings (SSSR count). The van der Waals surface area contributed by atoms with Crippen molar-refractivity contribution in [3.05, 3.63) is 41.0 Å². The van der Waals surface area contributed by atoms with Crippen LogP contribution in [0, 0.1) is 5.92 Å². The minimum atomic E-state index is -0.402. The smallest absolute Gasteiger partial charge is 0.196 e. The molecule has 4 heteroatoms. The maximum atomic E-state index is 12.5. The summed E-state index contributed by atoms with van der Waals surface area (Å²) in [5.74, 6) is 1.19. The van der Waals surface area contributed by atoms with Crippen LogP contribution in [-0.2, 0) is 23.2 Å². The first-order chi connectivity index (χ1) is 10.7. The fourth-order valence-corrected chi connectivity index (χ4v) is 5.27. The highest BCUT2D eigenvalue weighted by molar-refractivity contribution is 5.98. The van der Waals surface area contributed by atoms with E-state index in [0.717, 1.165) is 30.7 Å². The fraction of sp³-hybridized carbons (Fsp3) is 0.500. The number of piperidine rings is 1. The quantitative estimate of drug-likeness (QED) is 0.846. The molecule has 1 N–H and O–H groups in total. The molecule has 0 aromatic heterocycles. The number of hydrogen-bond donors (Lipinski definition) is 1. The predicted molar refractivity (Wildman–Crippen MR) is 80.8 cm³/mol. The Morgan fingerprint density at radius 3 is 3.14 bits per heavy atom. The van der Waals surface area contributed by atoms with Gasteiger partial charge in [-0.15, -0.1) is 0 Å². The lowest BCUT2D eigenvalue weighted by atomic mass is 9.53. The summed E-state index contributed by atoms with van der Waals surface area (Å²) >= 11 is 0. The number of hydrogen-bond acceptors (Lipinski definition) is 4. The largest absolute Gasteiger partial charge is 0.481 e. The third-order valence-electron chi connectivity index (χ3n) is 6.27. The van der Waals surface area contributed by atoms with E-state index in [1.54, 1.807) is 6.08 Å². The molecule has 4 aliphatic rings. The third-order valence-corrected chi connectivity index (χ3v) is 6.27. The van der Waals surface area contributed by atoms with Crippen LogP contribution >= 0.6 is 0 Å². The van der Waals surface area contributed by atoms with Crippen molar-refractivity contribution in [2.75, 3.05) is 13.6 Å². The molecule has 2 heterocycles. The maximum absolute atomic E-state index is 12.5. The highest BCUT2D eigenvalue weighted by Crippen LogP contribution is 2.60. The van der Waals surface area contributed by atoms with E-state index in [1.807, 2.05) is 6.07 Å². The minimum Gasteiger partial charge on any atom is -0.481 e. The number of likely N-dealkylation sites (N-methyl/N-ethyl adjacent to an activating group) is 1. The molecule has 2 aliphatic carbocycles. The molecule has 1 saturated heterocycles. The summed E-state index contributed by atoms with van der Waals surface area (Å²) in [5, 5.41) is 9.65. The van der Waals surface area contributed by atoms with Gasteiger partial charge in [0.2, 0.25) is 0 Å². The van der Waals surface area contributed by atoms with Crippen LogP contribution in [0.4, 0.5) is 0 Å². The van der Waals surface area contributed by atoms with Crippen molar-refractivity contribution in [1.29, 1.82) is 0 Å². The fourth-order valence-electron chi connectivity index (χ4n) is 5.27. The molecule has 4 atom stereocenters. The topological polar surface area (TPSA) is 49.8 Å². The van der Waals surface area contributed by atoms with E-state index in [9.17, 15) is 9.90 Å². The average molecular weight is 297 g/mol. The number of rotatable bonds is 1. The van der Waals surface area contributed by atoms with Crippen LogP contribution in [0.5, 0.6) is 5.75 Å². The minimum absolute atomic E-state index is 0.0406. The van der Waals surface area contributed by atoms with Gasteiger partial charge < -0.3 is 14.7 Å². The summed E-state index contributed by atoms with van der Waals surface area (Å²) < 4.78 is 6.17. The number of ether oxygens (including phenoxy) is 1. The second kappa shape index (κ2) is 4.00. The molecule has 2 aliphatic heterocycles. The van der Waals surface area contributed by atoms with Crippen molar-refractivity contribution in [2.45, 2.75) is 37.0 Å². The van der Waals surface area contributed by atoms with Crippen LogP contribution in [0.2, 0.25) is 0 Å². The van der Waals surface area contributed by atoms with Crippen molar-refractivity contribution in [1.82, 2.24) is 4.90 Å². The summed E-state index contributed by atoms with van der Waals surface area (Å²) in [6.07, 6.45) is 5.37. The highest BCUT2D eigenvalue weighted by atomic mass is 16.5. The number of ketones is 1. The van der Waals surface area contributed by atoms with Crippen molar-refractivity contribution >= 4 is 5.78 Å². The Hall–Kier alpha value is -1.65. The van der Waals surface area contributed by atoms with Gasteiger partial charge in [-0.25, -0.2) is 0 Å². The zero-order valence-corrected chi connectivity index (χ0v) is 12.6. The number of benzene rings is 1. The average Bonchev–Trinajstić information content (AvgIpc) is 2.88. The molecule has 0 saturated carbocycles. The van der Waals surface area contributed by atoms with Gasteiger partial charge in [0.15, 0.2) is 11.9 Å². The zero-order valence-electron chi connectivity index (χ0n) is 12.6. The molecular formula is C18H19NO3. The zero-order chi connectivity index (χ0) is 15.1. The Balaban J connectivity index is 1.84. The molecule has 22 heavy (non-hydrogen) atoms. The number of aliphatic hydroxyl groups excluding tert-OH is 1. The molecule has 1 aromatic carbocycles. The van der Waals surface area contributed by atoms with Crippen LogP contribution in [0.1, 0.15) is 23.1 Å². The molecule has 114 valence electrons. The second-order valence-corrected chi connectivity index (χ2v) is 7.07. The van der Waals surface area contributed by atoms with Crippen LogP contribution < -0.4 is 4.74 Å². The molecule has 2 bridgehead atoms. The van der Waals surface area contributed by atoms with Gasteiger partial charge in [0.25, 0.3) is 0 Å². The molecule has 0 radical (unpaired) electrons. The summed E-state index contributed by atoms with van der Waals surface area (Å²) in [7, 11) is 2.18. The summed E-state index contributed by atoms with van der Waals surface area (Å²) in [5.41, 5.74) is 3.12. The molecule has 4 nitrogen and oxygen atoms in total. The summed E-state index contributed by atoms with van der Waals surface area (Å²) in [4.78, 5) is 14.9. The third kappa shape index (κ3) is 1.25. The summed E-state index contributed by atoms with van der Waals surface area (Å²) in [6.45, 7) is 0.950. The van der Waals surface area contributed by atoms with Crippen LogP contribution in [0.25, 0.3) is 0 Å². The normalized spacial score (nSPS) is 37.9. The molecular weight excluding hydrogens is 278 g/mol. The second-order valence-electron chi connectivity index (χ2n) is 7.07. The van der Waals surface area contributed by atoms with Crippen molar-refractivity contribution in [3.8, 4) is 5.75 Å². The Labute approximate surface area is 129 Å². The van der Waals surface area contributed by atoms with Crippen LogP contribution in [0.3, 0.4) is 0 Å². The Morgan fingerprint density at radius 2 is 2.32 bits per heavy atom. The maximum Gasteiger partial charge on any atom is 0.196 e. The van der Waals surface area contributed by atoms with Gasteiger partial charge in [0, 0.05) is 23.1 Å². The number of likely N-dealkylation sites (tertiary alicyclic amines) is 1. The van der Waals surface area contributed by atoms with Gasteiger partial charge in [0.05, 0.1) is 12.0 Å². The molecule has 0 amide bonds. The number of aliphatic hydroxyl groups is 1. The monoisotopic (exact) mass is 297 g/mol. The summed E-state index contributed by atoms with van der Waals surface area (Å²) in [6, 6.07) is 4.52. The Bertz CT molecular complexity index is 725. The van der Waals surface area contributed by atoms with Gasteiger partial charge in [0.1, 0.15) is 5.75 Å². The van der Waals surface area contributed by atoms with Gasteiger partial charge in [-0.1, -0.05) is 18.2 Å². The predicted octanol–water partition coefficient (Wildman–Crippen LogP) is 1.19. The number of nitrogens with zero attached hydrogens (tertiary/aromatic N) is 1. The van der Waals surface area contributed by atoms with Gasteiger partial charge >= 0.3 is 0 Å². The van der Waals surface area contributed by atoms with Crippen LogP contribution in [0.15, 0.2) is 24.3 Å². The number of carbonyl (C=O) groups excluding carboxylic acids is 1. The molecule has 1 fully saturated rings. The first kappa shape index (κ1) is 12.9. The van der Waals surface area contributed by atoms with E-state index in [1.165, 1.54) is 11.1 Å². The van der Waals surface area contributed by atoms with Crippen molar-refractivity contribution in [2.24, 2.45) is 5.92 Å². The highest BCUT2D eigenvalue weighted by Gasteiger charge is 2.64. The van der Waals surface area contributed by atoms with E-state index < -0.39 is 6.10 Å². The Kier molecular flexibility index (Phi) is 2.34. The standard InChI is InChI=1S/C18H19NO3/c1-19-7-6-18-12-4-5-14(21)17(18)22-16-11(9-20)3-2-10(15(16)18)8-13(12)19/h2-5,12-13,17,20H,6-9H2,1H3/t12-,13+,17-,18-/m0/s1. The van der Waals surface area contributed by atoms with E-state index in [4.69, 9.17) is 4.74 Å². The van der Waals surface area contributed by atoms with Gasteiger partial charge in [-0.3, -0.25) is 4.79 Å². The van der Waals surface area contributed by atoms with E-state index >= 15 is 0 Å². The van der Waals surface area contributed by atoms with E-state index in [2.05, 4.69) is 24.1 Å². The van der Waals surface area contributed by atoms with Gasteiger partial charge in [-0.05, 0) is 38.1 Å². The lowest BCUT2D eigenvalue weighted by Gasteiger charge is -2.55. The SMILES string of the molecule is CN1CC[C@]23c4c5ccc(CO)c4O[C@H]2C(=O)C=C[C@H]3[C@H]1C5. The lowest BCUT2D eigenvalue weighted by molar-refractivity contribution is -0.127. The first-order valence-electron chi connectivity index (χ1n) is 8.02. The lowest BCUT2D eigenvalue weighted by Crippen LogP contribution is -2.64. The molecule has 1 spiro atoms. The van der Waals surface area contributed by atoms with Gasteiger partial charge in [-0.2, -0.15) is 0 Å². The molecule has 1 aromatic rings. The first-order valence-corrected chi connectivity index (χ1v) is 8.02. The number of carbonyl (C=O) groups is 1. The Morgan fingerprint density at radius 1 is 1.45 bits per heavy atom. The van der Waals surface area contributed by atoms with Crippen LogP contribution in [-0.4, -0.2) is 41.5 Å².